The van der Waals surface area contributed by atoms with Crippen molar-refractivity contribution in [2.24, 2.45) is 0 Å². The summed E-state index contributed by atoms with van der Waals surface area (Å²) in [6, 6.07) is 7.34. The van der Waals surface area contributed by atoms with Crippen LogP contribution >= 0.6 is 11.6 Å². The lowest BCUT2D eigenvalue weighted by molar-refractivity contribution is -0.142. The first-order valence-corrected chi connectivity index (χ1v) is 10.2. The number of dihydropyridines is 1. The molecule has 1 fully saturated rings. The molecule has 1 aromatic rings. The molecule has 148 valence electrons. The quantitative estimate of drug-likeness (QED) is 0.771. The van der Waals surface area contributed by atoms with Gasteiger partial charge in [0.15, 0.2) is 5.78 Å². The minimum atomic E-state index is -0.432. The van der Waals surface area contributed by atoms with E-state index in [1.165, 1.54) is 0 Å². The number of allylic oxidation sites excluding steroid dienone is 3. The molecule has 4 rings (SSSR count). The number of nitrogens with one attached hydrogen (secondary N) is 1. The molecule has 0 spiro atoms. The molecule has 1 N–H and O–H groups in total. The number of halogens is 1. The maximum Gasteiger partial charge on any atom is 0.336 e. The molecule has 2 aliphatic heterocycles. The SMILES string of the molecule is CC1=C(C(=O)OC[C@@H]2CCCO2)[C@@H](c2ccc(Cl)cc2)C2=C(CCCC2=O)N1. The van der Waals surface area contributed by atoms with Crippen LogP contribution in [-0.4, -0.2) is 31.1 Å². The first-order valence-electron chi connectivity index (χ1n) is 9.83. The summed E-state index contributed by atoms with van der Waals surface area (Å²) in [5.41, 5.74) is 3.71. The largest absolute Gasteiger partial charge is 0.459 e. The number of hydrogen-bond donors (Lipinski definition) is 1. The second-order valence-electron chi connectivity index (χ2n) is 7.55. The van der Waals surface area contributed by atoms with Crippen LogP contribution in [0.15, 0.2) is 46.8 Å². The fourth-order valence-electron chi connectivity index (χ4n) is 4.26. The van der Waals surface area contributed by atoms with Crippen LogP contribution < -0.4 is 5.32 Å². The Morgan fingerprint density at radius 3 is 2.75 bits per heavy atom. The highest BCUT2D eigenvalue weighted by Crippen LogP contribution is 2.42. The van der Waals surface area contributed by atoms with E-state index in [4.69, 9.17) is 21.1 Å². The Balaban J connectivity index is 1.68. The maximum absolute atomic E-state index is 13.1. The summed E-state index contributed by atoms with van der Waals surface area (Å²) in [5.74, 6) is -0.741. The van der Waals surface area contributed by atoms with Crippen LogP contribution in [0.3, 0.4) is 0 Å². The second-order valence-corrected chi connectivity index (χ2v) is 7.99. The molecule has 2 atom stereocenters. The zero-order valence-corrected chi connectivity index (χ0v) is 16.7. The van der Waals surface area contributed by atoms with Crippen LogP contribution in [-0.2, 0) is 19.1 Å². The Morgan fingerprint density at radius 1 is 1.25 bits per heavy atom. The van der Waals surface area contributed by atoms with Crippen molar-refractivity contribution in [3.05, 3.63) is 57.4 Å². The number of ether oxygens (including phenoxy) is 2. The monoisotopic (exact) mass is 401 g/mol. The van der Waals surface area contributed by atoms with E-state index in [9.17, 15) is 9.59 Å². The van der Waals surface area contributed by atoms with Crippen molar-refractivity contribution in [1.82, 2.24) is 5.32 Å². The number of rotatable bonds is 4. The predicted molar refractivity (Wildman–Crippen MR) is 106 cm³/mol. The van der Waals surface area contributed by atoms with Crippen molar-refractivity contribution in [3.63, 3.8) is 0 Å². The fourth-order valence-corrected chi connectivity index (χ4v) is 4.39. The molecule has 3 aliphatic rings. The van der Waals surface area contributed by atoms with Gasteiger partial charge < -0.3 is 14.8 Å². The Kier molecular flexibility index (Phi) is 5.56. The molecule has 5 nitrogen and oxygen atoms in total. The van der Waals surface area contributed by atoms with E-state index >= 15 is 0 Å². The van der Waals surface area contributed by atoms with E-state index in [-0.39, 0.29) is 18.5 Å². The third kappa shape index (κ3) is 3.74. The minimum absolute atomic E-state index is 0.0403. The van der Waals surface area contributed by atoms with Gasteiger partial charge in [0.2, 0.25) is 0 Å². The average molecular weight is 402 g/mol. The molecular weight excluding hydrogens is 378 g/mol. The van der Waals surface area contributed by atoms with Gasteiger partial charge in [0.05, 0.1) is 11.7 Å². The molecule has 1 aromatic carbocycles. The zero-order chi connectivity index (χ0) is 19.7. The molecule has 0 saturated carbocycles. The number of benzene rings is 1. The normalized spacial score (nSPS) is 24.9. The Morgan fingerprint density at radius 2 is 2.04 bits per heavy atom. The number of hydrogen-bond acceptors (Lipinski definition) is 5. The van der Waals surface area contributed by atoms with E-state index in [0.717, 1.165) is 42.6 Å². The lowest BCUT2D eigenvalue weighted by Gasteiger charge is -2.34. The molecule has 0 amide bonds. The molecule has 1 aliphatic carbocycles. The van der Waals surface area contributed by atoms with Gasteiger partial charge in [-0.2, -0.15) is 0 Å². The molecule has 2 heterocycles. The second kappa shape index (κ2) is 8.10. The zero-order valence-electron chi connectivity index (χ0n) is 15.9. The maximum atomic E-state index is 13.1. The molecule has 28 heavy (non-hydrogen) atoms. The molecule has 0 radical (unpaired) electrons. The van der Waals surface area contributed by atoms with Gasteiger partial charge in [-0.25, -0.2) is 4.79 Å². The van der Waals surface area contributed by atoms with Gasteiger partial charge in [0, 0.05) is 40.9 Å². The van der Waals surface area contributed by atoms with Crippen molar-refractivity contribution < 1.29 is 19.1 Å². The van der Waals surface area contributed by atoms with Gasteiger partial charge in [-0.1, -0.05) is 23.7 Å². The molecule has 6 heteroatoms. The van der Waals surface area contributed by atoms with E-state index in [0.29, 0.717) is 29.2 Å². The Bertz CT molecular complexity index is 850. The average Bonchev–Trinajstić information content (AvgIpc) is 3.19. The lowest BCUT2D eigenvalue weighted by atomic mass is 9.75. The van der Waals surface area contributed by atoms with Crippen molar-refractivity contribution in [2.45, 2.75) is 51.0 Å². The van der Waals surface area contributed by atoms with E-state index < -0.39 is 11.9 Å². The van der Waals surface area contributed by atoms with Gasteiger partial charge in [-0.05, 0) is 50.3 Å². The standard InChI is InChI=1S/C22H24ClNO4/c1-13-19(22(26)28-12-16-4-3-11-27-16)20(14-7-9-15(23)10-8-14)21-17(24-13)5-2-6-18(21)25/h7-10,16,20,24H,2-6,11-12H2,1H3/t16-,20+/m0/s1. The van der Waals surface area contributed by atoms with Crippen LogP contribution in [0.4, 0.5) is 0 Å². The first kappa shape index (κ1) is 19.2. The van der Waals surface area contributed by atoms with E-state index in [1.54, 1.807) is 12.1 Å². The van der Waals surface area contributed by atoms with Crippen LogP contribution in [0, 0.1) is 0 Å². The highest BCUT2D eigenvalue weighted by molar-refractivity contribution is 6.30. The summed E-state index contributed by atoms with van der Waals surface area (Å²) in [6.45, 7) is 2.82. The number of carbonyl (C=O) groups excluding carboxylic acids is 2. The van der Waals surface area contributed by atoms with Crippen molar-refractivity contribution in [1.29, 1.82) is 0 Å². The van der Waals surface area contributed by atoms with E-state index in [1.807, 2.05) is 19.1 Å². The predicted octanol–water partition coefficient (Wildman–Crippen LogP) is 4.03. The number of Topliss-reactive ketones (excluding diaryl/α,β-unsaturated/α-hetero) is 1. The third-order valence-electron chi connectivity index (χ3n) is 5.62. The van der Waals surface area contributed by atoms with E-state index in [2.05, 4.69) is 5.32 Å². The summed E-state index contributed by atoms with van der Waals surface area (Å²) in [5, 5.41) is 3.91. The van der Waals surface area contributed by atoms with Gasteiger partial charge in [0.25, 0.3) is 0 Å². The topological polar surface area (TPSA) is 64.6 Å². The summed E-state index contributed by atoms with van der Waals surface area (Å²) in [7, 11) is 0. The number of esters is 1. The Labute approximate surface area is 169 Å². The highest BCUT2D eigenvalue weighted by Gasteiger charge is 2.39. The summed E-state index contributed by atoms with van der Waals surface area (Å²) in [4.78, 5) is 25.9. The van der Waals surface area contributed by atoms with Crippen molar-refractivity contribution >= 4 is 23.4 Å². The highest BCUT2D eigenvalue weighted by atomic mass is 35.5. The molecule has 0 aromatic heterocycles. The van der Waals surface area contributed by atoms with Crippen LogP contribution in [0.5, 0.6) is 0 Å². The van der Waals surface area contributed by atoms with Gasteiger partial charge in [0.1, 0.15) is 6.61 Å². The third-order valence-corrected chi connectivity index (χ3v) is 5.88. The van der Waals surface area contributed by atoms with Crippen LogP contribution in [0.1, 0.15) is 50.5 Å². The molecule has 0 unspecified atom stereocenters. The summed E-state index contributed by atoms with van der Waals surface area (Å²) in [6.07, 6.45) is 3.98. The van der Waals surface area contributed by atoms with Gasteiger partial charge in [-0.3, -0.25) is 4.79 Å². The first-order chi connectivity index (χ1) is 13.5. The molecule has 1 saturated heterocycles. The summed E-state index contributed by atoms with van der Waals surface area (Å²) < 4.78 is 11.2. The van der Waals surface area contributed by atoms with Crippen molar-refractivity contribution in [3.8, 4) is 0 Å². The Hall–Kier alpha value is -2.11. The smallest absolute Gasteiger partial charge is 0.336 e. The molecular formula is C22H24ClNO4. The van der Waals surface area contributed by atoms with Crippen molar-refractivity contribution in [2.75, 3.05) is 13.2 Å². The molecule has 0 bridgehead atoms. The minimum Gasteiger partial charge on any atom is -0.459 e. The fraction of sp³-hybridized carbons (Fsp3) is 0.455. The lowest BCUT2D eigenvalue weighted by Crippen LogP contribution is -2.35. The van der Waals surface area contributed by atoms with Crippen LogP contribution in [0.2, 0.25) is 5.02 Å². The number of carbonyl (C=O) groups is 2. The summed E-state index contributed by atoms with van der Waals surface area (Å²) >= 11 is 6.06. The van der Waals surface area contributed by atoms with Gasteiger partial charge in [-0.15, -0.1) is 0 Å². The van der Waals surface area contributed by atoms with Crippen LogP contribution in [0.25, 0.3) is 0 Å². The van der Waals surface area contributed by atoms with Gasteiger partial charge >= 0.3 is 5.97 Å². The number of ketones is 1.